The van der Waals surface area contributed by atoms with E-state index in [1.54, 1.807) is 12.1 Å². The van der Waals surface area contributed by atoms with Gasteiger partial charge in [0.2, 0.25) is 5.89 Å². The minimum atomic E-state index is -3.54. The van der Waals surface area contributed by atoms with Gasteiger partial charge in [-0.05, 0) is 39.0 Å². The zero-order chi connectivity index (χ0) is 21.9. The predicted octanol–water partition coefficient (Wildman–Crippen LogP) is 5.68. The van der Waals surface area contributed by atoms with Crippen LogP contribution in [0, 0.1) is 11.6 Å². The predicted molar refractivity (Wildman–Crippen MR) is 105 cm³/mol. The molecule has 30 heavy (non-hydrogen) atoms. The first-order chi connectivity index (χ1) is 14.0. The highest BCUT2D eigenvalue weighted by atomic mass is 35.5. The van der Waals surface area contributed by atoms with Gasteiger partial charge in [-0.25, -0.2) is 22.5 Å². The average Bonchev–Trinajstić information content (AvgIpc) is 3.04. The van der Waals surface area contributed by atoms with Crippen LogP contribution in [0.25, 0.3) is 22.6 Å². The van der Waals surface area contributed by atoms with Crippen molar-refractivity contribution in [1.82, 2.24) is 10.3 Å². The molecular formula is C21H19ClF4N2O2. The molecular weight excluding hydrogens is 424 g/mol. The zero-order valence-corrected chi connectivity index (χ0v) is 17.2. The first kappa shape index (κ1) is 21.1. The second kappa shape index (κ2) is 6.93. The zero-order valence-electron chi connectivity index (χ0n) is 16.5. The molecule has 0 amide bonds. The first-order valence-electron chi connectivity index (χ1n) is 9.29. The van der Waals surface area contributed by atoms with Crippen molar-refractivity contribution in [2.24, 2.45) is 0 Å². The number of aromatic nitrogens is 1. The fraction of sp³-hybridized carbons (Fsp3) is 0.381. The summed E-state index contributed by atoms with van der Waals surface area (Å²) in [6, 6.07) is 6.24. The molecule has 3 aromatic rings. The first-order valence-corrected chi connectivity index (χ1v) is 9.67. The number of fused-ring (bicyclic) bond motifs is 1. The van der Waals surface area contributed by atoms with Crippen molar-refractivity contribution in [3.05, 3.63) is 52.6 Å². The van der Waals surface area contributed by atoms with Crippen LogP contribution in [0.3, 0.4) is 0 Å². The van der Waals surface area contributed by atoms with Gasteiger partial charge >= 0.3 is 0 Å². The highest BCUT2D eigenvalue weighted by Gasteiger charge is 2.63. The Morgan fingerprint density at radius 2 is 1.80 bits per heavy atom. The number of alkyl halides is 2. The molecule has 0 aliphatic carbocycles. The maximum atomic E-state index is 15.5. The number of benzene rings is 2. The van der Waals surface area contributed by atoms with Crippen LogP contribution in [0.5, 0.6) is 0 Å². The molecule has 9 heteroatoms. The number of halogens is 5. The van der Waals surface area contributed by atoms with Gasteiger partial charge in [-0.3, -0.25) is 0 Å². The largest absolute Gasteiger partial charge is 0.436 e. The second-order valence-electron chi connectivity index (χ2n) is 7.93. The van der Waals surface area contributed by atoms with E-state index in [1.807, 2.05) is 0 Å². The van der Waals surface area contributed by atoms with Gasteiger partial charge in [0.15, 0.2) is 5.58 Å². The van der Waals surface area contributed by atoms with Crippen LogP contribution in [0.4, 0.5) is 17.6 Å². The van der Waals surface area contributed by atoms with E-state index in [9.17, 15) is 8.78 Å². The van der Waals surface area contributed by atoms with Gasteiger partial charge in [0.25, 0.3) is 5.92 Å². The molecule has 2 aromatic carbocycles. The Morgan fingerprint density at radius 3 is 2.53 bits per heavy atom. The molecule has 1 N–H and O–H groups in total. The molecule has 1 aliphatic rings. The maximum absolute atomic E-state index is 15.5. The summed E-state index contributed by atoms with van der Waals surface area (Å²) in [5.41, 5.74) is -4.02. The third-order valence-electron chi connectivity index (χ3n) is 5.60. The molecule has 1 saturated heterocycles. The molecule has 4 nitrogen and oxygen atoms in total. The van der Waals surface area contributed by atoms with Crippen molar-refractivity contribution in [1.29, 1.82) is 0 Å². The molecule has 2 heterocycles. The topological polar surface area (TPSA) is 47.3 Å². The van der Waals surface area contributed by atoms with Crippen LogP contribution in [0.15, 0.2) is 34.7 Å². The molecule has 1 aliphatic heterocycles. The third kappa shape index (κ3) is 3.09. The molecule has 0 bridgehead atoms. The number of ether oxygens (including phenoxy) is 1. The number of oxazole rings is 1. The Morgan fingerprint density at radius 1 is 1.07 bits per heavy atom. The van der Waals surface area contributed by atoms with Gasteiger partial charge in [0.05, 0.1) is 12.2 Å². The number of nitrogens with zero attached hydrogens (tertiary/aromatic N) is 1. The summed E-state index contributed by atoms with van der Waals surface area (Å²) in [4.78, 5) is 4.19. The van der Waals surface area contributed by atoms with E-state index in [0.717, 1.165) is 6.07 Å². The van der Waals surface area contributed by atoms with E-state index in [0.29, 0.717) is 22.2 Å². The van der Waals surface area contributed by atoms with E-state index >= 15 is 8.78 Å². The Labute approximate surface area is 175 Å². The molecule has 160 valence electrons. The Bertz CT molecular complexity index is 1130. The molecule has 0 radical (unpaired) electrons. The van der Waals surface area contributed by atoms with Crippen LogP contribution >= 0.6 is 11.6 Å². The van der Waals surface area contributed by atoms with Gasteiger partial charge in [0, 0.05) is 29.3 Å². The fourth-order valence-corrected chi connectivity index (χ4v) is 3.95. The summed E-state index contributed by atoms with van der Waals surface area (Å²) < 4.78 is 71.3. The summed E-state index contributed by atoms with van der Waals surface area (Å²) in [6.45, 7) is 3.73. The lowest BCUT2D eigenvalue weighted by molar-refractivity contribution is -0.216. The van der Waals surface area contributed by atoms with Crippen molar-refractivity contribution in [2.45, 2.75) is 37.8 Å². The van der Waals surface area contributed by atoms with Crippen LogP contribution < -0.4 is 5.32 Å². The van der Waals surface area contributed by atoms with E-state index in [4.69, 9.17) is 20.8 Å². The van der Waals surface area contributed by atoms with Crippen molar-refractivity contribution < 1.29 is 26.7 Å². The van der Waals surface area contributed by atoms with Crippen LogP contribution in [-0.4, -0.2) is 29.7 Å². The van der Waals surface area contributed by atoms with E-state index in [-0.39, 0.29) is 24.6 Å². The average molecular weight is 443 g/mol. The van der Waals surface area contributed by atoms with E-state index < -0.39 is 34.3 Å². The summed E-state index contributed by atoms with van der Waals surface area (Å²) in [7, 11) is 0. The van der Waals surface area contributed by atoms with Crippen LogP contribution in [0.1, 0.15) is 26.3 Å². The Kier molecular flexibility index (Phi) is 4.87. The van der Waals surface area contributed by atoms with Crippen molar-refractivity contribution in [3.63, 3.8) is 0 Å². The standard InChI is InChI=1S/C21H19ClF4N2O2/c1-19(2)21(25,26)20(3,27-6-7-29-19)13-9-12(14(23)10-15(13)24)18-28-16-5-4-11(22)8-17(16)30-18/h4-5,8-10,27H,6-7H2,1-3H3/t20-/m1/s1. The van der Waals surface area contributed by atoms with E-state index in [1.165, 1.54) is 26.8 Å². The number of nitrogens with one attached hydrogen (secondary N) is 1. The molecule has 1 atom stereocenters. The summed E-state index contributed by atoms with van der Waals surface area (Å²) in [5, 5.41) is 3.08. The normalized spacial score (nSPS) is 23.5. The lowest BCUT2D eigenvalue weighted by Gasteiger charge is -2.44. The molecule has 0 unspecified atom stereocenters. The highest BCUT2D eigenvalue weighted by Crippen LogP contribution is 2.48. The quantitative estimate of drug-likeness (QED) is 0.519. The third-order valence-corrected chi connectivity index (χ3v) is 5.84. The SMILES string of the molecule is CC1(C)OCCN[C@](C)(c2cc(-c3nc4ccc(Cl)cc4o3)c(F)cc2F)C1(F)F. The molecule has 1 aromatic heterocycles. The summed E-state index contributed by atoms with van der Waals surface area (Å²) >= 11 is 5.93. The lowest BCUT2D eigenvalue weighted by atomic mass is 9.77. The van der Waals surface area contributed by atoms with Gasteiger partial charge in [-0.15, -0.1) is 0 Å². The molecule has 4 rings (SSSR count). The highest BCUT2D eigenvalue weighted by molar-refractivity contribution is 6.31. The van der Waals surface area contributed by atoms with Crippen LogP contribution in [0.2, 0.25) is 5.02 Å². The monoisotopic (exact) mass is 442 g/mol. The van der Waals surface area contributed by atoms with Gasteiger partial charge < -0.3 is 14.5 Å². The van der Waals surface area contributed by atoms with Gasteiger partial charge in [-0.1, -0.05) is 11.6 Å². The fourth-order valence-electron chi connectivity index (χ4n) is 3.78. The number of hydrogen-bond acceptors (Lipinski definition) is 4. The molecule has 1 fully saturated rings. The minimum absolute atomic E-state index is 0.0136. The van der Waals surface area contributed by atoms with Crippen molar-refractivity contribution in [2.75, 3.05) is 13.2 Å². The summed E-state index contributed by atoms with van der Waals surface area (Å²) in [5.74, 6) is -5.80. The molecule has 0 spiro atoms. The number of hydrogen-bond donors (Lipinski definition) is 1. The van der Waals surface area contributed by atoms with E-state index in [2.05, 4.69) is 10.3 Å². The second-order valence-corrected chi connectivity index (χ2v) is 8.36. The van der Waals surface area contributed by atoms with Crippen LogP contribution in [-0.2, 0) is 10.3 Å². The van der Waals surface area contributed by atoms with Gasteiger partial charge in [0.1, 0.15) is 28.3 Å². The van der Waals surface area contributed by atoms with Gasteiger partial charge in [-0.2, -0.15) is 0 Å². The molecule has 0 saturated carbocycles. The lowest BCUT2D eigenvalue weighted by Crippen LogP contribution is -2.62. The Balaban J connectivity index is 1.91. The van der Waals surface area contributed by atoms with Crippen molar-refractivity contribution >= 4 is 22.7 Å². The smallest absolute Gasteiger partial charge is 0.297 e. The summed E-state index contributed by atoms with van der Waals surface area (Å²) in [6.07, 6.45) is 0. The van der Waals surface area contributed by atoms with Crippen molar-refractivity contribution in [3.8, 4) is 11.5 Å². The Hall–Kier alpha value is -2.16. The maximum Gasteiger partial charge on any atom is 0.297 e. The number of rotatable bonds is 2. The minimum Gasteiger partial charge on any atom is -0.436 e.